The molecule has 0 aliphatic heterocycles. The Balaban J connectivity index is 0.00000220. The molecule has 2 aromatic rings. The predicted octanol–water partition coefficient (Wildman–Crippen LogP) is 2.83. The fraction of sp³-hybridized carbons (Fsp3) is 0.250. The van der Waals surface area contributed by atoms with E-state index in [9.17, 15) is 4.79 Å². The first kappa shape index (κ1) is 17.1. The van der Waals surface area contributed by atoms with Crippen molar-refractivity contribution >= 4 is 24.1 Å². The number of likely N-dealkylation sites (N-methyl/N-ethyl adjacent to an activating group) is 1. The van der Waals surface area contributed by atoms with E-state index in [1.165, 1.54) is 0 Å². The van der Waals surface area contributed by atoms with Crippen molar-refractivity contribution in [2.45, 2.75) is 13.3 Å². The van der Waals surface area contributed by atoms with Crippen molar-refractivity contribution in [3.63, 3.8) is 0 Å². The number of aryl methyl sites for hydroxylation is 1. The summed E-state index contributed by atoms with van der Waals surface area (Å²) < 4.78 is 0. The lowest BCUT2D eigenvalue weighted by Crippen LogP contribution is -2.17. The van der Waals surface area contributed by atoms with Crippen molar-refractivity contribution in [3.05, 3.63) is 59.3 Å². The number of benzene rings is 1. The molecule has 1 aromatic heterocycles. The topological polar surface area (TPSA) is 54.0 Å². The zero-order valence-electron chi connectivity index (χ0n) is 12.2. The van der Waals surface area contributed by atoms with Gasteiger partial charge < -0.3 is 10.6 Å². The van der Waals surface area contributed by atoms with Crippen LogP contribution in [0.3, 0.4) is 0 Å². The molecule has 2 N–H and O–H groups in total. The number of carbonyl (C=O) groups is 1. The quantitative estimate of drug-likeness (QED) is 0.893. The second-order valence-corrected chi connectivity index (χ2v) is 4.69. The maximum absolute atomic E-state index is 12.3. The Morgan fingerprint density at radius 1 is 1.19 bits per heavy atom. The molecule has 0 saturated heterocycles. The smallest absolute Gasteiger partial charge is 0.257 e. The Kier molecular flexibility index (Phi) is 6.85. The first-order valence-corrected chi connectivity index (χ1v) is 6.67. The van der Waals surface area contributed by atoms with E-state index in [-0.39, 0.29) is 18.3 Å². The second-order valence-electron chi connectivity index (χ2n) is 4.69. The number of rotatable bonds is 5. The molecule has 1 heterocycles. The molecule has 21 heavy (non-hydrogen) atoms. The molecule has 0 radical (unpaired) electrons. The zero-order chi connectivity index (χ0) is 14.4. The van der Waals surface area contributed by atoms with E-state index < -0.39 is 0 Å². The van der Waals surface area contributed by atoms with Gasteiger partial charge in [-0.1, -0.05) is 24.3 Å². The van der Waals surface area contributed by atoms with Crippen LogP contribution in [0.5, 0.6) is 0 Å². The van der Waals surface area contributed by atoms with Gasteiger partial charge in [-0.2, -0.15) is 0 Å². The molecule has 0 aliphatic rings. The predicted molar refractivity (Wildman–Crippen MR) is 88.2 cm³/mol. The SMILES string of the molecule is CNCCc1ccccc1C(=O)Nc1ccc(C)cn1.Cl. The fourth-order valence-corrected chi connectivity index (χ4v) is 1.94. The maximum Gasteiger partial charge on any atom is 0.257 e. The number of amides is 1. The van der Waals surface area contributed by atoms with Gasteiger partial charge in [0.2, 0.25) is 0 Å². The lowest BCUT2D eigenvalue weighted by molar-refractivity contribution is 0.102. The van der Waals surface area contributed by atoms with E-state index >= 15 is 0 Å². The van der Waals surface area contributed by atoms with E-state index in [0.29, 0.717) is 11.4 Å². The number of anilines is 1. The molecule has 0 aliphatic carbocycles. The molecule has 4 nitrogen and oxygen atoms in total. The van der Waals surface area contributed by atoms with Crippen molar-refractivity contribution in [2.75, 3.05) is 18.9 Å². The number of aromatic nitrogens is 1. The summed E-state index contributed by atoms with van der Waals surface area (Å²) >= 11 is 0. The first-order valence-electron chi connectivity index (χ1n) is 6.67. The van der Waals surface area contributed by atoms with Gasteiger partial charge in [0, 0.05) is 11.8 Å². The molecule has 1 aromatic carbocycles. The number of nitrogens with zero attached hydrogens (tertiary/aromatic N) is 1. The summed E-state index contributed by atoms with van der Waals surface area (Å²) in [5.41, 5.74) is 2.80. The maximum atomic E-state index is 12.3. The van der Waals surface area contributed by atoms with Crippen LogP contribution in [0.4, 0.5) is 5.82 Å². The van der Waals surface area contributed by atoms with Crippen LogP contribution in [0.1, 0.15) is 21.5 Å². The van der Waals surface area contributed by atoms with Crippen molar-refractivity contribution < 1.29 is 4.79 Å². The molecule has 1 amide bonds. The lowest BCUT2D eigenvalue weighted by Gasteiger charge is -2.09. The molecule has 0 saturated carbocycles. The van der Waals surface area contributed by atoms with Gasteiger partial charge >= 0.3 is 0 Å². The fourth-order valence-electron chi connectivity index (χ4n) is 1.94. The molecule has 112 valence electrons. The van der Waals surface area contributed by atoms with E-state index in [1.807, 2.05) is 50.4 Å². The van der Waals surface area contributed by atoms with Crippen molar-refractivity contribution in [1.29, 1.82) is 0 Å². The van der Waals surface area contributed by atoms with Crippen molar-refractivity contribution in [1.82, 2.24) is 10.3 Å². The molecule has 0 atom stereocenters. The third kappa shape index (κ3) is 4.85. The average molecular weight is 306 g/mol. The van der Waals surface area contributed by atoms with Gasteiger partial charge in [-0.15, -0.1) is 12.4 Å². The molecular formula is C16H20ClN3O. The Morgan fingerprint density at radius 3 is 2.62 bits per heavy atom. The first-order chi connectivity index (χ1) is 9.70. The Hall–Kier alpha value is -1.91. The van der Waals surface area contributed by atoms with Crippen LogP contribution in [-0.4, -0.2) is 24.5 Å². The van der Waals surface area contributed by atoms with Crippen LogP contribution >= 0.6 is 12.4 Å². The second kappa shape index (κ2) is 8.39. The molecule has 0 fully saturated rings. The lowest BCUT2D eigenvalue weighted by atomic mass is 10.0. The summed E-state index contributed by atoms with van der Waals surface area (Å²) in [6.45, 7) is 2.80. The van der Waals surface area contributed by atoms with Crippen LogP contribution in [-0.2, 0) is 6.42 Å². The van der Waals surface area contributed by atoms with E-state index in [1.54, 1.807) is 6.20 Å². The molecule has 5 heteroatoms. The minimum absolute atomic E-state index is 0. The number of hydrogen-bond acceptors (Lipinski definition) is 3. The van der Waals surface area contributed by atoms with Crippen LogP contribution in [0, 0.1) is 6.92 Å². The molecule has 0 unspecified atom stereocenters. The minimum Gasteiger partial charge on any atom is -0.319 e. The third-order valence-corrected chi connectivity index (χ3v) is 3.06. The monoisotopic (exact) mass is 305 g/mol. The van der Waals surface area contributed by atoms with Gasteiger partial charge in [0.25, 0.3) is 5.91 Å². The Bertz CT molecular complexity index is 584. The highest BCUT2D eigenvalue weighted by Gasteiger charge is 2.11. The number of carbonyl (C=O) groups excluding carboxylic acids is 1. The van der Waals surface area contributed by atoms with Crippen LogP contribution in [0.2, 0.25) is 0 Å². The largest absolute Gasteiger partial charge is 0.319 e. The molecule has 2 rings (SSSR count). The van der Waals surface area contributed by atoms with Gasteiger partial charge in [0.05, 0.1) is 0 Å². The summed E-state index contributed by atoms with van der Waals surface area (Å²) in [7, 11) is 1.90. The van der Waals surface area contributed by atoms with E-state index in [0.717, 1.165) is 24.1 Å². The van der Waals surface area contributed by atoms with Crippen LogP contribution < -0.4 is 10.6 Å². The normalized spacial score (nSPS) is 9.81. The van der Waals surface area contributed by atoms with Crippen LogP contribution in [0.15, 0.2) is 42.6 Å². The summed E-state index contributed by atoms with van der Waals surface area (Å²) in [4.78, 5) is 16.5. The number of hydrogen-bond donors (Lipinski definition) is 2. The summed E-state index contributed by atoms with van der Waals surface area (Å²) in [6, 6.07) is 11.4. The van der Waals surface area contributed by atoms with Gasteiger partial charge in [0.1, 0.15) is 5.82 Å². The van der Waals surface area contributed by atoms with E-state index in [2.05, 4.69) is 15.6 Å². The number of nitrogens with one attached hydrogen (secondary N) is 2. The average Bonchev–Trinajstić information content (AvgIpc) is 2.47. The third-order valence-electron chi connectivity index (χ3n) is 3.06. The van der Waals surface area contributed by atoms with E-state index in [4.69, 9.17) is 0 Å². The van der Waals surface area contributed by atoms with Gasteiger partial charge in [0.15, 0.2) is 0 Å². The zero-order valence-corrected chi connectivity index (χ0v) is 13.0. The molecule has 0 bridgehead atoms. The van der Waals surface area contributed by atoms with Crippen molar-refractivity contribution in [2.24, 2.45) is 0 Å². The molecular weight excluding hydrogens is 286 g/mol. The standard InChI is InChI=1S/C16H19N3O.ClH/c1-12-7-8-15(18-11-12)19-16(20)14-6-4-3-5-13(14)9-10-17-2;/h3-8,11,17H,9-10H2,1-2H3,(H,18,19,20);1H. The highest BCUT2D eigenvalue weighted by molar-refractivity contribution is 6.04. The summed E-state index contributed by atoms with van der Waals surface area (Å²) in [5.74, 6) is 0.456. The van der Waals surface area contributed by atoms with Crippen LogP contribution in [0.25, 0.3) is 0 Å². The Morgan fingerprint density at radius 2 is 1.95 bits per heavy atom. The molecule has 0 spiro atoms. The van der Waals surface area contributed by atoms with Crippen molar-refractivity contribution in [3.8, 4) is 0 Å². The minimum atomic E-state index is -0.118. The van der Waals surface area contributed by atoms with Gasteiger partial charge in [-0.25, -0.2) is 4.98 Å². The number of halogens is 1. The highest BCUT2D eigenvalue weighted by Crippen LogP contribution is 2.12. The summed E-state index contributed by atoms with van der Waals surface area (Å²) in [6.07, 6.45) is 2.56. The Labute approximate surface area is 131 Å². The van der Waals surface area contributed by atoms with Gasteiger partial charge in [-0.05, 0) is 50.2 Å². The summed E-state index contributed by atoms with van der Waals surface area (Å²) in [5, 5.41) is 5.93. The highest BCUT2D eigenvalue weighted by atomic mass is 35.5. The van der Waals surface area contributed by atoms with Gasteiger partial charge in [-0.3, -0.25) is 4.79 Å². The number of pyridine rings is 1.